The largest absolute Gasteiger partial charge is 0.493 e. The van der Waals surface area contributed by atoms with Crippen LogP contribution in [0.15, 0.2) is 30.4 Å². The predicted molar refractivity (Wildman–Crippen MR) is 66.2 cm³/mol. The van der Waals surface area contributed by atoms with Crippen LogP contribution in [0.2, 0.25) is 0 Å². The monoisotopic (exact) mass is 235 g/mol. The van der Waals surface area contributed by atoms with E-state index in [4.69, 9.17) is 9.47 Å². The van der Waals surface area contributed by atoms with E-state index in [1.165, 1.54) is 6.08 Å². The van der Waals surface area contributed by atoms with Gasteiger partial charge in [0, 0.05) is 6.54 Å². The molecule has 0 aliphatic heterocycles. The lowest BCUT2D eigenvalue weighted by Gasteiger charge is -2.09. The Kier molecular flexibility index (Phi) is 5.07. The maximum absolute atomic E-state index is 11.2. The number of carbonyl (C=O) groups excluding carboxylic acids is 1. The molecule has 0 atom stereocenters. The van der Waals surface area contributed by atoms with Crippen molar-refractivity contribution in [2.24, 2.45) is 0 Å². The highest BCUT2D eigenvalue weighted by molar-refractivity contribution is 5.87. The lowest BCUT2D eigenvalue weighted by Crippen LogP contribution is -2.20. The van der Waals surface area contributed by atoms with Crippen LogP contribution in [0, 0.1) is 0 Å². The molecule has 0 unspecified atom stereocenters. The van der Waals surface area contributed by atoms with E-state index >= 15 is 0 Å². The first-order valence-corrected chi connectivity index (χ1v) is 5.32. The number of carbonyl (C=O) groups is 1. The van der Waals surface area contributed by atoms with Gasteiger partial charge in [-0.3, -0.25) is 4.79 Å². The lowest BCUT2D eigenvalue weighted by atomic mass is 10.2. The van der Waals surface area contributed by atoms with E-state index in [0.717, 1.165) is 5.56 Å². The second-order valence-electron chi connectivity index (χ2n) is 3.41. The Morgan fingerprint density at radius 2 is 2.00 bits per heavy atom. The SMILES string of the molecule is CC=CC(=O)NCc1ccc(OC)c(OC)c1. The fraction of sp³-hybridized carbons (Fsp3) is 0.308. The Hall–Kier alpha value is -1.97. The molecule has 4 heteroatoms. The van der Waals surface area contributed by atoms with E-state index in [2.05, 4.69) is 5.32 Å². The van der Waals surface area contributed by atoms with Gasteiger partial charge in [-0.2, -0.15) is 0 Å². The van der Waals surface area contributed by atoms with Crippen molar-refractivity contribution in [3.8, 4) is 11.5 Å². The molecule has 0 heterocycles. The minimum Gasteiger partial charge on any atom is -0.493 e. The molecule has 0 aliphatic rings. The van der Waals surface area contributed by atoms with E-state index in [1.807, 2.05) is 18.2 Å². The van der Waals surface area contributed by atoms with Gasteiger partial charge < -0.3 is 14.8 Å². The van der Waals surface area contributed by atoms with Gasteiger partial charge in [-0.05, 0) is 30.7 Å². The number of allylic oxidation sites excluding steroid dienone is 1. The third-order valence-electron chi connectivity index (χ3n) is 2.23. The molecular weight excluding hydrogens is 218 g/mol. The average molecular weight is 235 g/mol. The summed E-state index contributed by atoms with van der Waals surface area (Å²) in [6.07, 6.45) is 3.19. The first-order chi connectivity index (χ1) is 8.21. The summed E-state index contributed by atoms with van der Waals surface area (Å²) in [6, 6.07) is 5.54. The van der Waals surface area contributed by atoms with Crippen LogP contribution >= 0.6 is 0 Å². The number of hydrogen-bond acceptors (Lipinski definition) is 3. The molecule has 1 amide bonds. The second kappa shape index (κ2) is 6.58. The average Bonchev–Trinajstić information content (AvgIpc) is 2.36. The van der Waals surface area contributed by atoms with Crippen molar-refractivity contribution in [2.75, 3.05) is 14.2 Å². The van der Waals surface area contributed by atoms with Gasteiger partial charge in [0.15, 0.2) is 11.5 Å². The van der Waals surface area contributed by atoms with Crippen LogP contribution in [-0.4, -0.2) is 20.1 Å². The lowest BCUT2D eigenvalue weighted by molar-refractivity contribution is -0.116. The van der Waals surface area contributed by atoms with Gasteiger partial charge in [0.2, 0.25) is 5.91 Å². The number of amides is 1. The molecule has 0 bridgehead atoms. The van der Waals surface area contributed by atoms with Crippen LogP contribution in [0.4, 0.5) is 0 Å². The van der Waals surface area contributed by atoms with Gasteiger partial charge in [-0.1, -0.05) is 12.1 Å². The van der Waals surface area contributed by atoms with Crippen molar-refractivity contribution < 1.29 is 14.3 Å². The molecule has 17 heavy (non-hydrogen) atoms. The Balaban J connectivity index is 2.69. The fourth-order valence-electron chi connectivity index (χ4n) is 1.39. The molecule has 1 aromatic rings. The molecule has 1 rings (SSSR count). The van der Waals surface area contributed by atoms with Crippen LogP contribution < -0.4 is 14.8 Å². The maximum atomic E-state index is 11.2. The zero-order chi connectivity index (χ0) is 12.7. The minimum atomic E-state index is -0.109. The molecule has 92 valence electrons. The number of ether oxygens (including phenoxy) is 2. The van der Waals surface area contributed by atoms with Crippen LogP contribution in [0.1, 0.15) is 12.5 Å². The summed E-state index contributed by atoms with van der Waals surface area (Å²) < 4.78 is 10.3. The Morgan fingerprint density at radius 3 is 2.59 bits per heavy atom. The molecule has 0 spiro atoms. The highest BCUT2D eigenvalue weighted by atomic mass is 16.5. The van der Waals surface area contributed by atoms with Gasteiger partial charge in [-0.25, -0.2) is 0 Å². The number of rotatable bonds is 5. The molecule has 1 aromatic carbocycles. The Bertz CT molecular complexity index is 413. The highest BCUT2D eigenvalue weighted by Gasteiger charge is 2.04. The van der Waals surface area contributed by atoms with Crippen LogP contribution in [0.5, 0.6) is 11.5 Å². The summed E-state index contributed by atoms with van der Waals surface area (Å²) in [6.45, 7) is 2.26. The molecule has 0 radical (unpaired) electrons. The van der Waals surface area contributed by atoms with E-state index in [0.29, 0.717) is 18.0 Å². The maximum Gasteiger partial charge on any atom is 0.243 e. The van der Waals surface area contributed by atoms with E-state index in [9.17, 15) is 4.79 Å². The normalized spacial score (nSPS) is 10.3. The standard InChI is InChI=1S/C13H17NO3/c1-4-5-13(15)14-9-10-6-7-11(16-2)12(8-10)17-3/h4-8H,9H2,1-3H3,(H,14,15). The van der Waals surface area contributed by atoms with Crippen LogP contribution in [0.25, 0.3) is 0 Å². The summed E-state index contributed by atoms with van der Waals surface area (Å²) in [5.41, 5.74) is 0.959. The highest BCUT2D eigenvalue weighted by Crippen LogP contribution is 2.27. The van der Waals surface area contributed by atoms with Crippen LogP contribution in [-0.2, 0) is 11.3 Å². The van der Waals surface area contributed by atoms with Crippen molar-refractivity contribution in [2.45, 2.75) is 13.5 Å². The van der Waals surface area contributed by atoms with E-state index in [1.54, 1.807) is 27.2 Å². The molecule has 4 nitrogen and oxygen atoms in total. The van der Waals surface area contributed by atoms with Crippen molar-refractivity contribution in [3.05, 3.63) is 35.9 Å². The quantitative estimate of drug-likeness (QED) is 0.793. The Morgan fingerprint density at radius 1 is 1.29 bits per heavy atom. The second-order valence-corrected chi connectivity index (χ2v) is 3.41. The summed E-state index contributed by atoms with van der Waals surface area (Å²) in [4.78, 5) is 11.2. The van der Waals surface area contributed by atoms with Gasteiger partial charge in [-0.15, -0.1) is 0 Å². The summed E-state index contributed by atoms with van der Waals surface area (Å²) in [5, 5.41) is 2.77. The van der Waals surface area contributed by atoms with E-state index < -0.39 is 0 Å². The number of methoxy groups -OCH3 is 2. The molecular formula is C13H17NO3. The summed E-state index contributed by atoms with van der Waals surface area (Å²) in [7, 11) is 3.17. The van der Waals surface area contributed by atoms with Crippen molar-refractivity contribution >= 4 is 5.91 Å². The van der Waals surface area contributed by atoms with Gasteiger partial charge in [0.25, 0.3) is 0 Å². The summed E-state index contributed by atoms with van der Waals surface area (Å²) >= 11 is 0. The first kappa shape index (κ1) is 13.1. The number of benzene rings is 1. The molecule has 0 saturated heterocycles. The van der Waals surface area contributed by atoms with Gasteiger partial charge in [0.05, 0.1) is 14.2 Å². The van der Waals surface area contributed by atoms with Crippen LogP contribution in [0.3, 0.4) is 0 Å². The zero-order valence-electron chi connectivity index (χ0n) is 10.3. The first-order valence-electron chi connectivity index (χ1n) is 5.32. The zero-order valence-corrected chi connectivity index (χ0v) is 10.3. The third-order valence-corrected chi connectivity index (χ3v) is 2.23. The smallest absolute Gasteiger partial charge is 0.243 e. The Labute approximate surface area is 101 Å². The third kappa shape index (κ3) is 3.83. The van der Waals surface area contributed by atoms with Gasteiger partial charge in [0.1, 0.15) is 0 Å². The van der Waals surface area contributed by atoms with Crippen molar-refractivity contribution in [3.63, 3.8) is 0 Å². The predicted octanol–water partition coefficient (Wildman–Crippen LogP) is 1.90. The molecule has 0 aromatic heterocycles. The number of nitrogens with one attached hydrogen (secondary N) is 1. The van der Waals surface area contributed by atoms with Crippen molar-refractivity contribution in [1.29, 1.82) is 0 Å². The minimum absolute atomic E-state index is 0.109. The van der Waals surface area contributed by atoms with E-state index in [-0.39, 0.29) is 5.91 Å². The molecule has 0 aliphatic carbocycles. The van der Waals surface area contributed by atoms with Gasteiger partial charge >= 0.3 is 0 Å². The van der Waals surface area contributed by atoms with Crippen molar-refractivity contribution in [1.82, 2.24) is 5.32 Å². The molecule has 1 N–H and O–H groups in total. The summed E-state index contributed by atoms with van der Waals surface area (Å²) in [5.74, 6) is 1.23. The fourth-order valence-corrected chi connectivity index (χ4v) is 1.39. The topological polar surface area (TPSA) is 47.6 Å². The molecule has 0 saturated carbocycles. The molecule has 0 fully saturated rings. The number of hydrogen-bond donors (Lipinski definition) is 1.